The first-order valence-electron chi connectivity index (χ1n) is 12.1. The number of nitrogens with zero attached hydrogens (tertiary/aromatic N) is 2. The highest BCUT2D eigenvalue weighted by molar-refractivity contribution is 8.16. The Morgan fingerprint density at radius 2 is 1.86 bits per heavy atom. The summed E-state index contributed by atoms with van der Waals surface area (Å²) in [6, 6.07) is 1.85. The van der Waals surface area contributed by atoms with Gasteiger partial charge in [0.15, 0.2) is 0 Å². The van der Waals surface area contributed by atoms with Gasteiger partial charge in [0, 0.05) is 18.4 Å². The van der Waals surface area contributed by atoms with Crippen LogP contribution < -0.4 is 15.7 Å². The molecule has 11 nitrogen and oxygen atoms in total. The number of carbonyl (C=O) groups is 1. The minimum absolute atomic E-state index is 0.244. The lowest BCUT2D eigenvalue weighted by Gasteiger charge is -2.18. The molecule has 2 atom stereocenters. The molecule has 1 aromatic heterocycles. The Morgan fingerprint density at radius 3 is 2.53 bits per heavy atom. The van der Waals surface area contributed by atoms with E-state index >= 15 is 0 Å². The SMILES string of the molecule is CCC[C@@H](NC(=O)C1CSC(/C(C)=N/OCCOCCOCCOCC)=N1)c1cc(OC)cc(=O)o1. The summed E-state index contributed by atoms with van der Waals surface area (Å²) < 4.78 is 26.4. The molecule has 1 aromatic rings. The van der Waals surface area contributed by atoms with Crippen molar-refractivity contribution in [3.05, 3.63) is 28.3 Å². The van der Waals surface area contributed by atoms with E-state index < -0.39 is 17.7 Å². The number of carbonyl (C=O) groups excluding carboxylic acids is 1. The van der Waals surface area contributed by atoms with Crippen LogP contribution in [-0.4, -0.2) is 81.8 Å². The minimum Gasteiger partial charge on any atom is -0.496 e. The number of hydrogen-bond acceptors (Lipinski definition) is 11. The van der Waals surface area contributed by atoms with Crippen molar-refractivity contribution in [3.63, 3.8) is 0 Å². The quantitative estimate of drug-likeness (QED) is 0.174. The van der Waals surface area contributed by atoms with Crippen molar-refractivity contribution in [2.75, 3.05) is 59.1 Å². The highest BCUT2D eigenvalue weighted by Crippen LogP contribution is 2.24. The predicted octanol–water partition coefficient (Wildman–Crippen LogP) is 2.58. The monoisotopic (exact) mass is 527 g/mol. The average Bonchev–Trinajstić information content (AvgIpc) is 3.37. The molecular formula is C24H37N3O8S. The molecule has 2 rings (SSSR count). The molecule has 0 aliphatic carbocycles. The second-order valence-electron chi connectivity index (χ2n) is 7.76. The molecule has 0 aromatic carbocycles. The standard InChI is InChI=1S/C24H37N3O8S/c1-5-7-19(21-14-18(30-4)15-22(28)35-21)25-23(29)20-16-36-24(26-20)17(3)27-34-13-12-33-11-10-32-9-8-31-6-2/h14-15,19-20H,5-13,16H2,1-4H3,(H,25,29)/b27-17+/t19-,20?/m1/s1. The Kier molecular flexibility index (Phi) is 14.2. The lowest BCUT2D eigenvalue weighted by atomic mass is 10.1. The van der Waals surface area contributed by atoms with Crippen molar-refractivity contribution in [3.8, 4) is 5.75 Å². The van der Waals surface area contributed by atoms with Gasteiger partial charge in [-0.25, -0.2) is 4.79 Å². The Bertz CT molecular complexity index is 921. The van der Waals surface area contributed by atoms with Gasteiger partial charge < -0.3 is 33.5 Å². The largest absolute Gasteiger partial charge is 0.496 e. The maximum Gasteiger partial charge on any atom is 0.339 e. The fourth-order valence-electron chi connectivity index (χ4n) is 3.17. The number of methoxy groups -OCH3 is 1. The van der Waals surface area contributed by atoms with Crippen LogP contribution in [-0.2, 0) is 23.8 Å². The maximum atomic E-state index is 12.9. The van der Waals surface area contributed by atoms with Crippen LogP contribution in [0, 0.1) is 0 Å². The van der Waals surface area contributed by atoms with E-state index in [2.05, 4.69) is 15.5 Å². The number of amides is 1. The van der Waals surface area contributed by atoms with E-state index in [1.54, 1.807) is 13.0 Å². The third-order valence-corrected chi connectivity index (χ3v) is 6.12. The second-order valence-corrected chi connectivity index (χ2v) is 8.77. The third kappa shape index (κ3) is 10.7. The van der Waals surface area contributed by atoms with E-state index in [-0.39, 0.29) is 5.91 Å². The number of hydrogen-bond donors (Lipinski definition) is 1. The number of oxime groups is 1. The molecular weight excluding hydrogens is 490 g/mol. The highest BCUT2D eigenvalue weighted by atomic mass is 32.2. The van der Waals surface area contributed by atoms with Gasteiger partial charge in [0.2, 0.25) is 5.91 Å². The summed E-state index contributed by atoms with van der Waals surface area (Å²) >= 11 is 1.44. The Labute approximate surface area is 215 Å². The summed E-state index contributed by atoms with van der Waals surface area (Å²) in [6.45, 7) is 9.16. The molecule has 0 fully saturated rings. The van der Waals surface area contributed by atoms with Gasteiger partial charge in [0.05, 0.1) is 52.3 Å². The van der Waals surface area contributed by atoms with Gasteiger partial charge >= 0.3 is 5.63 Å². The van der Waals surface area contributed by atoms with E-state index in [0.29, 0.717) is 80.7 Å². The first kappa shape index (κ1) is 29.8. The lowest BCUT2D eigenvalue weighted by molar-refractivity contribution is -0.122. The minimum atomic E-state index is -0.571. The van der Waals surface area contributed by atoms with Gasteiger partial charge in [-0.2, -0.15) is 0 Å². The van der Waals surface area contributed by atoms with Gasteiger partial charge in [-0.3, -0.25) is 9.79 Å². The van der Waals surface area contributed by atoms with Crippen LogP contribution in [0.4, 0.5) is 0 Å². The molecule has 202 valence electrons. The molecule has 1 unspecified atom stereocenters. The first-order valence-corrected chi connectivity index (χ1v) is 13.1. The fourth-order valence-corrected chi connectivity index (χ4v) is 4.16. The number of aliphatic imine (C=N–C) groups is 1. The van der Waals surface area contributed by atoms with Crippen molar-refractivity contribution in [1.82, 2.24) is 5.32 Å². The summed E-state index contributed by atoms with van der Waals surface area (Å²) in [5.41, 5.74) is 0.0676. The first-order chi connectivity index (χ1) is 17.5. The normalized spacial score (nSPS) is 16.5. The Balaban J connectivity index is 1.78. The van der Waals surface area contributed by atoms with Crippen molar-refractivity contribution in [2.45, 2.75) is 45.7 Å². The zero-order chi connectivity index (χ0) is 26.2. The van der Waals surface area contributed by atoms with Gasteiger partial charge in [0.1, 0.15) is 34.9 Å². The van der Waals surface area contributed by atoms with Gasteiger partial charge in [-0.05, 0) is 20.3 Å². The zero-order valence-corrected chi connectivity index (χ0v) is 22.3. The molecule has 0 bridgehead atoms. The molecule has 0 spiro atoms. The molecule has 12 heteroatoms. The molecule has 0 saturated heterocycles. The van der Waals surface area contributed by atoms with Crippen LogP contribution in [0.2, 0.25) is 0 Å². The van der Waals surface area contributed by atoms with Crippen LogP contribution in [0.5, 0.6) is 5.75 Å². The van der Waals surface area contributed by atoms with E-state index in [1.165, 1.54) is 24.9 Å². The van der Waals surface area contributed by atoms with E-state index in [0.717, 1.165) is 6.42 Å². The molecule has 1 aliphatic rings. The van der Waals surface area contributed by atoms with E-state index in [4.69, 9.17) is 28.2 Å². The Morgan fingerprint density at radius 1 is 1.17 bits per heavy atom. The summed E-state index contributed by atoms with van der Waals surface area (Å²) in [5.74, 6) is 0.986. The summed E-state index contributed by atoms with van der Waals surface area (Å²) in [6.07, 6.45) is 1.39. The fraction of sp³-hybridized carbons (Fsp3) is 0.667. The smallest absolute Gasteiger partial charge is 0.339 e. The molecule has 2 heterocycles. The average molecular weight is 528 g/mol. The van der Waals surface area contributed by atoms with Gasteiger partial charge in [-0.1, -0.05) is 18.5 Å². The molecule has 1 aliphatic heterocycles. The van der Waals surface area contributed by atoms with Crippen molar-refractivity contribution >= 4 is 28.4 Å². The maximum absolute atomic E-state index is 12.9. The second kappa shape index (κ2) is 17.1. The van der Waals surface area contributed by atoms with Crippen molar-refractivity contribution in [2.24, 2.45) is 10.1 Å². The van der Waals surface area contributed by atoms with Crippen LogP contribution in [0.1, 0.15) is 45.4 Å². The van der Waals surface area contributed by atoms with E-state index in [1.807, 2.05) is 13.8 Å². The lowest BCUT2D eigenvalue weighted by Crippen LogP contribution is -2.37. The van der Waals surface area contributed by atoms with Crippen molar-refractivity contribution in [1.29, 1.82) is 0 Å². The van der Waals surface area contributed by atoms with Gasteiger partial charge in [-0.15, -0.1) is 11.8 Å². The van der Waals surface area contributed by atoms with Crippen LogP contribution >= 0.6 is 11.8 Å². The van der Waals surface area contributed by atoms with E-state index in [9.17, 15) is 9.59 Å². The molecule has 36 heavy (non-hydrogen) atoms. The number of rotatable bonds is 18. The highest BCUT2D eigenvalue weighted by Gasteiger charge is 2.29. The molecule has 1 amide bonds. The number of thioether (sulfide) groups is 1. The summed E-state index contributed by atoms with van der Waals surface area (Å²) in [7, 11) is 1.47. The third-order valence-electron chi connectivity index (χ3n) is 4.97. The number of ether oxygens (including phenoxy) is 4. The van der Waals surface area contributed by atoms with Gasteiger partial charge in [0.25, 0.3) is 0 Å². The summed E-state index contributed by atoms with van der Waals surface area (Å²) in [5, 5.41) is 7.68. The van der Waals surface area contributed by atoms with Crippen LogP contribution in [0.3, 0.4) is 0 Å². The summed E-state index contributed by atoms with van der Waals surface area (Å²) in [4.78, 5) is 34.5. The van der Waals surface area contributed by atoms with Crippen LogP contribution in [0.15, 0.2) is 31.5 Å². The predicted molar refractivity (Wildman–Crippen MR) is 138 cm³/mol. The Hall–Kier alpha value is -2.41. The topological polar surface area (TPSA) is 130 Å². The number of nitrogens with one attached hydrogen (secondary N) is 1. The zero-order valence-electron chi connectivity index (χ0n) is 21.4. The van der Waals surface area contributed by atoms with Crippen LogP contribution in [0.25, 0.3) is 0 Å². The molecule has 0 saturated carbocycles. The van der Waals surface area contributed by atoms with Crippen molar-refractivity contribution < 1.29 is 33.0 Å². The molecule has 1 N–H and O–H groups in total. The molecule has 0 radical (unpaired) electrons.